The molecule has 0 saturated heterocycles. The quantitative estimate of drug-likeness (QED) is 0.502. The second-order valence-electron chi connectivity index (χ2n) is 7.41. The Labute approximate surface area is 191 Å². The van der Waals surface area contributed by atoms with Crippen molar-refractivity contribution >= 4 is 47.1 Å². The molecular weight excluding hydrogens is 435 g/mol. The number of furan rings is 1. The Morgan fingerprint density at radius 1 is 1.03 bits per heavy atom. The van der Waals surface area contributed by atoms with Crippen molar-refractivity contribution in [2.75, 3.05) is 10.2 Å². The van der Waals surface area contributed by atoms with E-state index in [0.717, 1.165) is 24.2 Å². The molecule has 1 atom stereocenters. The number of anilines is 2. The topological polar surface area (TPSA) is 62.6 Å². The smallest absolute Gasteiger partial charge is 0.259 e. The van der Waals surface area contributed by atoms with Crippen molar-refractivity contribution in [3.05, 3.63) is 94.5 Å². The Morgan fingerprint density at radius 2 is 1.81 bits per heavy atom. The first-order valence-corrected chi connectivity index (χ1v) is 10.3. The molecule has 2 aliphatic rings. The van der Waals surface area contributed by atoms with Crippen molar-refractivity contribution in [2.24, 2.45) is 0 Å². The van der Waals surface area contributed by atoms with E-state index in [1.807, 2.05) is 30.3 Å². The average molecular weight is 455 g/mol. The highest BCUT2D eigenvalue weighted by molar-refractivity contribution is 6.30. The van der Waals surface area contributed by atoms with Crippen molar-refractivity contribution in [1.29, 1.82) is 0 Å². The van der Waals surface area contributed by atoms with E-state index in [2.05, 4.69) is 5.32 Å². The van der Waals surface area contributed by atoms with E-state index in [1.54, 1.807) is 41.5 Å². The van der Waals surface area contributed by atoms with Gasteiger partial charge in [0.15, 0.2) is 5.78 Å². The van der Waals surface area contributed by atoms with Crippen molar-refractivity contribution < 1.29 is 14.0 Å². The highest BCUT2D eigenvalue weighted by atomic mass is 35.5. The van der Waals surface area contributed by atoms with Gasteiger partial charge in [-0.1, -0.05) is 23.7 Å². The number of halogens is 2. The number of hydrogen-bond acceptors (Lipinski definition) is 4. The van der Waals surface area contributed by atoms with Crippen LogP contribution in [-0.2, 0) is 4.79 Å². The maximum absolute atomic E-state index is 13.8. The molecule has 3 aromatic rings. The summed E-state index contributed by atoms with van der Waals surface area (Å²) in [6, 6.07) is 17.3. The van der Waals surface area contributed by atoms with Gasteiger partial charge < -0.3 is 9.73 Å². The minimum Gasteiger partial charge on any atom is -0.467 e. The van der Waals surface area contributed by atoms with Crippen LogP contribution in [0.3, 0.4) is 0 Å². The maximum Gasteiger partial charge on any atom is 0.259 e. The van der Waals surface area contributed by atoms with Crippen molar-refractivity contribution in [1.82, 2.24) is 0 Å². The minimum absolute atomic E-state index is 0. The summed E-state index contributed by atoms with van der Waals surface area (Å²) in [5.74, 6) is 0.361. The molecule has 1 amide bonds. The Morgan fingerprint density at radius 3 is 2.55 bits per heavy atom. The fourth-order valence-electron chi connectivity index (χ4n) is 4.21. The Hall–Kier alpha value is -3.02. The number of allylic oxidation sites excluding steroid dienone is 1. The van der Waals surface area contributed by atoms with Crippen LogP contribution in [0.5, 0.6) is 0 Å². The number of ketones is 1. The molecule has 1 aliphatic heterocycles. The van der Waals surface area contributed by atoms with E-state index in [4.69, 9.17) is 16.0 Å². The van der Waals surface area contributed by atoms with Crippen LogP contribution >= 0.6 is 24.0 Å². The van der Waals surface area contributed by atoms with Crippen LogP contribution in [0.1, 0.15) is 41.4 Å². The van der Waals surface area contributed by atoms with Crippen LogP contribution in [0, 0.1) is 0 Å². The third-order valence-corrected chi connectivity index (χ3v) is 5.81. The lowest BCUT2D eigenvalue weighted by atomic mass is 9.88. The van der Waals surface area contributed by atoms with Crippen molar-refractivity contribution in [3.63, 3.8) is 0 Å². The van der Waals surface area contributed by atoms with Crippen LogP contribution in [0.15, 0.2) is 82.6 Å². The largest absolute Gasteiger partial charge is 0.467 e. The van der Waals surface area contributed by atoms with Crippen molar-refractivity contribution in [3.8, 4) is 0 Å². The number of carbonyl (C=O) groups excluding carboxylic acids is 2. The normalized spacial score (nSPS) is 17.8. The SMILES string of the molecule is Cl.O=C1CCCC2=C1C(c1ccco1)N(C(=O)c1ccc(Cl)cc1)c1ccccc1N2. The highest BCUT2D eigenvalue weighted by Gasteiger charge is 2.41. The Kier molecular flexibility index (Phi) is 5.90. The number of nitrogens with zero attached hydrogens (tertiary/aromatic N) is 1. The molecule has 0 spiro atoms. The predicted octanol–water partition coefficient (Wildman–Crippen LogP) is 6.18. The number of nitrogens with one attached hydrogen (secondary N) is 1. The van der Waals surface area contributed by atoms with Gasteiger partial charge in [0.2, 0.25) is 0 Å². The van der Waals surface area contributed by atoms with Gasteiger partial charge in [0.25, 0.3) is 5.91 Å². The minimum atomic E-state index is -0.651. The first-order chi connectivity index (χ1) is 14.6. The summed E-state index contributed by atoms with van der Waals surface area (Å²) in [6.45, 7) is 0. The van der Waals surface area contributed by atoms with Crippen LogP contribution in [0.4, 0.5) is 11.4 Å². The molecule has 5 nitrogen and oxygen atoms in total. The van der Waals surface area contributed by atoms with Gasteiger partial charge in [0.1, 0.15) is 11.8 Å². The van der Waals surface area contributed by atoms with E-state index in [9.17, 15) is 9.59 Å². The first kappa shape index (κ1) is 21.2. The second kappa shape index (κ2) is 8.61. The van der Waals surface area contributed by atoms with Gasteiger partial charge in [0, 0.05) is 28.3 Å². The van der Waals surface area contributed by atoms with Gasteiger partial charge in [-0.2, -0.15) is 0 Å². The van der Waals surface area contributed by atoms with Gasteiger partial charge in [-0.15, -0.1) is 12.4 Å². The van der Waals surface area contributed by atoms with Crippen LogP contribution < -0.4 is 10.2 Å². The third kappa shape index (κ3) is 3.75. The van der Waals surface area contributed by atoms with Gasteiger partial charge in [-0.25, -0.2) is 0 Å². The van der Waals surface area contributed by atoms with Gasteiger partial charge in [-0.05, 0) is 61.4 Å². The fraction of sp³-hybridized carbons (Fsp3) is 0.167. The summed E-state index contributed by atoms with van der Waals surface area (Å²) in [5, 5.41) is 3.99. The van der Waals surface area contributed by atoms with E-state index in [1.165, 1.54) is 0 Å². The molecule has 7 heteroatoms. The highest BCUT2D eigenvalue weighted by Crippen LogP contribution is 2.45. The number of carbonyl (C=O) groups is 2. The van der Waals surface area contributed by atoms with Crippen LogP contribution in [0.25, 0.3) is 0 Å². The number of benzene rings is 2. The molecule has 1 unspecified atom stereocenters. The van der Waals surface area contributed by atoms with E-state index < -0.39 is 6.04 Å². The lowest BCUT2D eigenvalue weighted by Gasteiger charge is -2.32. The molecule has 0 saturated carbocycles. The predicted molar refractivity (Wildman–Crippen MR) is 123 cm³/mol. The molecule has 2 aromatic carbocycles. The summed E-state index contributed by atoms with van der Waals surface area (Å²) in [6.07, 6.45) is 3.55. The third-order valence-electron chi connectivity index (χ3n) is 5.56. The number of fused-ring (bicyclic) bond motifs is 1. The first-order valence-electron chi connectivity index (χ1n) is 9.88. The Balaban J connectivity index is 0.00000231. The molecule has 2 heterocycles. The van der Waals surface area contributed by atoms with E-state index >= 15 is 0 Å². The molecule has 1 aromatic heterocycles. The molecule has 5 rings (SSSR count). The van der Waals surface area contributed by atoms with Crippen LogP contribution in [-0.4, -0.2) is 11.7 Å². The lowest BCUT2D eigenvalue weighted by Crippen LogP contribution is -2.37. The summed E-state index contributed by atoms with van der Waals surface area (Å²) in [5.41, 5.74) is 3.41. The summed E-state index contributed by atoms with van der Waals surface area (Å²) >= 11 is 6.03. The summed E-state index contributed by atoms with van der Waals surface area (Å²) < 4.78 is 5.75. The molecule has 31 heavy (non-hydrogen) atoms. The molecule has 1 N–H and O–H groups in total. The van der Waals surface area contributed by atoms with Crippen molar-refractivity contribution in [2.45, 2.75) is 25.3 Å². The fourth-order valence-corrected chi connectivity index (χ4v) is 4.33. The number of para-hydroxylation sites is 2. The summed E-state index contributed by atoms with van der Waals surface area (Å²) in [7, 11) is 0. The summed E-state index contributed by atoms with van der Waals surface area (Å²) in [4.78, 5) is 28.5. The standard InChI is InChI=1S/C24H19ClN2O3.ClH/c25-16-12-10-15(11-13-16)24(29)27-19-7-2-1-5-17(19)26-18-6-3-8-20(28)22(18)23(27)21-9-4-14-30-21;/h1-2,4-5,7,9-14,23,26H,3,6,8H2;1H. The average Bonchev–Trinajstić information content (AvgIpc) is 3.23. The molecule has 158 valence electrons. The molecule has 0 bridgehead atoms. The zero-order valence-electron chi connectivity index (χ0n) is 16.5. The Bertz CT molecular complexity index is 1150. The lowest BCUT2D eigenvalue weighted by molar-refractivity contribution is -0.116. The van der Waals surface area contributed by atoms with Crippen LogP contribution in [0.2, 0.25) is 5.02 Å². The van der Waals surface area contributed by atoms with Gasteiger partial charge in [0.05, 0.1) is 17.6 Å². The molecule has 0 radical (unpaired) electrons. The van der Waals surface area contributed by atoms with E-state index in [-0.39, 0.29) is 24.1 Å². The monoisotopic (exact) mass is 454 g/mol. The number of Topliss-reactive ketones (excluding diaryl/α,β-unsaturated/α-hetero) is 1. The molecular formula is C24H20Cl2N2O3. The number of hydrogen-bond donors (Lipinski definition) is 1. The van der Waals surface area contributed by atoms with Gasteiger partial charge >= 0.3 is 0 Å². The zero-order valence-corrected chi connectivity index (χ0v) is 18.1. The number of rotatable bonds is 2. The molecule has 0 fully saturated rings. The van der Waals surface area contributed by atoms with E-state index in [0.29, 0.717) is 34.0 Å². The maximum atomic E-state index is 13.8. The number of amides is 1. The zero-order chi connectivity index (χ0) is 20.7. The van der Waals surface area contributed by atoms with Gasteiger partial charge in [-0.3, -0.25) is 14.5 Å². The molecule has 1 aliphatic carbocycles. The second-order valence-corrected chi connectivity index (χ2v) is 7.85.